The molecule has 1 aromatic carbocycles. The molecule has 0 N–H and O–H groups in total. The van der Waals surface area contributed by atoms with Gasteiger partial charge in [-0.3, -0.25) is 4.98 Å². The lowest BCUT2D eigenvalue weighted by molar-refractivity contribution is -0.137. The van der Waals surface area contributed by atoms with Crippen LogP contribution in [0.1, 0.15) is 22.7 Å². The third-order valence-electron chi connectivity index (χ3n) is 2.75. The van der Waals surface area contributed by atoms with Crippen molar-refractivity contribution < 1.29 is 13.2 Å². The minimum Gasteiger partial charge on any atom is -0.260 e. The molecule has 0 bridgehead atoms. The predicted molar refractivity (Wildman–Crippen MR) is 68.1 cm³/mol. The molecule has 0 fully saturated rings. The number of pyridine rings is 1. The van der Waals surface area contributed by atoms with Crippen LogP contribution in [-0.2, 0) is 6.18 Å². The lowest BCUT2D eigenvalue weighted by Gasteiger charge is -2.13. The summed E-state index contributed by atoms with van der Waals surface area (Å²) in [5.41, 5.74) is -0.381. The van der Waals surface area contributed by atoms with Crippen molar-refractivity contribution in [1.29, 1.82) is 5.26 Å². The van der Waals surface area contributed by atoms with E-state index in [-0.39, 0.29) is 5.69 Å². The molecule has 0 amide bonds. The summed E-state index contributed by atoms with van der Waals surface area (Å²) in [6.45, 7) is 0. The maximum atomic E-state index is 12.7. The number of alkyl halides is 3. The van der Waals surface area contributed by atoms with E-state index < -0.39 is 17.7 Å². The van der Waals surface area contributed by atoms with Crippen molar-refractivity contribution in [2.45, 2.75) is 12.1 Å². The first-order valence-corrected chi connectivity index (χ1v) is 5.98. The van der Waals surface area contributed by atoms with E-state index in [1.165, 1.54) is 0 Å². The third-order valence-corrected chi connectivity index (χ3v) is 3.09. The number of halogens is 4. The van der Waals surface area contributed by atoms with Crippen molar-refractivity contribution in [3.63, 3.8) is 0 Å². The molecule has 2 aromatic rings. The van der Waals surface area contributed by atoms with Gasteiger partial charge in [-0.25, -0.2) is 0 Å². The smallest absolute Gasteiger partial charge is 0.260 e. The van der Waals surface area contributed by atoms with E-state index in [9.17, 15) is 18.4 Å². The molecule has 102 valence electrons. The molecule has 0 radical (unpaired) electrons. The first kappa shape index (κ1) is 14.4. The summed E-state index contributed by atoms with van der Waals surface area (Å²) in [5.74, 6) is -0.939. The number of benzene rings is 1. The first-order valence-electron chi connectivity index (χ1n) is 5.60. The highest BCUT2D eigenvalue weighted by Gasteiger charge is 2.31. The molecule has 2 nitrogen and oxygen atoms in total. The van der Waals surface area contributed by atoms with Crippen molar-refractivity contribution in [1.82, 2.24) is 4.98 Å². The van der Waals surface area contributed by atoms with Gasteiger partial charge in [0.15, 0.2) is 0 Å². The standard InChI is InChI=1S/C14H8ClF3N2/c15-12-4-2-1-3-10(12)11(8-19)13-7-9(5-6-20-13)14(16,17)18/h1-7,11H. The fraction of sp³-hybridized carbons (Fsp3) is 0.143. The molecule has 2 rings (SSSR count). The molecule has 20 heavy (non-hydrogen) atoms. The minimum atomic E-state index is -4.47. The number of nitriles is 1. The van der Waals surface area contributed by atoms with Crippen molar-refractivity contribution in [2.24, 2.45) is 0 Å². The van der Waals surface area contributed by atoms with Crippen LogP contribution in [-0.4, -0.2) is 4.98 Å². The first-order chi connectivity index (χ1) is 9.43. The molecular weight excluding hydrogens is 289 g/mol. The van der Waals surface area contributed by atoms with Gasteiger partial charge in [-0.1, -0.05) is 29.8 Å². The molecule has 0 aliphatic heterocycles. The molecule has 1 aromatic heterocycles. The molecule has 0 spiro atoms. The molecule has 0 saturated carbocycles. The molecule has 0 aliphatic rings. The Bertz CT molecular complexity index is 662. The maximum absolute atomic E-state index is 12.7. The summed E-state index contributed by atoms with van der Waals surface area (Å²) in [6, 6.07) is 10.2. The quantitative estimate of drug-likeness (QED) is 0.823. The van der Waals surface area contributed by atoms with Gasteiger partial charge >= 0.3 is 6.18 Å². The molecule has 1 atom stereocenters. The van der Waals surface area contributed by atoms with Crippen LogP contribution in [0.3, 0.4) is 0 Å². The van der Waals surface area contributed by atoms with Gasteiger partial charge in [0, 0.05) is 11.2 Å². The number of nitrogens with zero attached hydrogens (tertiary/aromatic N) is 2. The highest BCUT2D eigenvalue weighted by Crippen LogP contribution is 2.33. The number of aromatic nitrogens is 1. The second-order valence-corrected chi connectivity index (χ2v) is 4.46. The molecule has 1 heterocycles. The van der Waals surface area contributed by atoms with E-state index in [0.29, 0.717) is 10.6 Å². The SMILES string of the molecule is N#CC(c1cc(C(F)(F)F)ccn1)c1ccccc1Cl. The van der Waals surface area contributed by atoms with E-state index >= 15 is 0 Å². The third kappa shape index (κ3) is 2.91. The Balaban J connectivity index is 2.49. The summed E-state index contributed by atoms with van der Waals surface area (Å²) < 4.78 is 38.0. The Morgan fingerprint density at radius 2 is 1.90 bits per heavy atom. The zero-order valence-electron chi connectivity index (χ0n) is 10.0. The van der Waals surface area contributed by atoms with E-state index in [1.54, 1.807) is 24.3 Å². The van der Waals surface area contributed by atoms with Crippen LogP contribution in [0.25, 0.3) is 0 Å². The molecule has 1 unspecified atom stereocenters. The summed E-state index contributed by atoms with van der Waals surface area (Å²) >= 11 is 5.98. The number of rotatable bonds is 2. The fourth-order valence-electron chi connectivity index (χ4n) is 1.79. The van der Waals surface area contributed by atoms with Crippen LogP contribution in [0, 0.1) is 11.3 Å². The summed E-state index contributed by atoms with van der Waals surface area (Å²) in [6.07, 6.45) is -3.43. The van der Waals surface area contributed by atoms with Gasteiger partial charge in [0.1, 0.15) is 5.92 Å². The Morgan fingerprint density at radius 3 is 2.50 bits per heavy atom. The zero-order chi connectivity index (χ0) is 14.8. The molecule has 0 saturated heterocycles. The van der Waals surface area contributed by atoms with Crippen molar-refractivity contribution in [3.8, 4) is 6.07 Å². The van der Waals surface area contributed by atoms with Gasteiger partial charge in [-0.15, -0.1) is 0 Å². The highest BCUT2D eigenvalue weighted by atomic mass is 35.5. The van der Waals surface area contributed by atoms with Gasteiger partial charge in [0.05, 0.1) is 17.3 Å². The largest absolute Gasteiger partial charge is 0.416 e. The number of hydrogen-bond acceptors (Lipinski definition) is 2. The topological polar surface area (TPSA) is 36.7 Å². The molecular formula is C14H8ClF3N2. The van der Waals surface area contributed by atoms with E-state index in [0.717, 1.165) is 18.3 Å². The van der Waals surface area contributed by atoms with E-state index in [4.69, 9.17) is 11.6 Å². The second-order valence-electron chi connectivity index (χ2n) is 4.05. The Kier molecular flexibility index (Phi) is 3.96. The zero-order valence-corrected chi connectivity index (χ0v) is 10.8. The van der Waals surface area contributed by atoms with Gasteiger partial charge in [-0.2, -0.15) is 18.4 Å². The normalized spacial score (nSPS) is 12.8. The van der Waals surface area contributed by atoms with E-state index in [1.807, 2.05) is 6.07 Å². The predicted octanol–water partition coefficient (Wildman–Crippen LogP) is 4.41. The average Bonchev–Trinajstić information content (AvgIpc) is 2.41. The maximum Gasteiger partial charge on any atom is 0.416 e. The van der Waals surface area contributed by atoms with Crippen LogP contribution >= 0.6 is 11.6 Å². The monoisotopic (exact) mass is 296 g/mol. The highest BCUT2D eigenvalue weighted by molar-refractivity contribution is 6.31. The number of hydrogen-bond donors (Lipinski definition) is 0. The lowest BCUT2D eigenvalue weighted by Crippen LogP contribution is -2.08. The van der Waals surface area contributed by atoms with Crippen LogP contribution in [0.2, 0.25) is 5.02 Å². The van der Waals surface area contributed by atoms with Gasteiger partial charge in [0.25, 0.3) is 0 Å². The van der Waals surface area contributed by atoms with Crippen molar-refractivity contribution >= 4 is 11.6 Å². The molecule has 0 aliphatic carbocycles. The Hall–Kier alpha value is -2.06. The fourth-order valence-corrected chi connectivity index (χ4v) is 2.03. The minimum absolute atomic E-state index is 0.0235. The summed E-state index contributed by atoms with van der Waals surface area (Å²) in [5, 5.41) is 9.54. The van der Waals surface area contributed by atoms with Gasteiger partial charge in [0.2, 0.25) is 0 Å². The van der Waals surface area contributed by atoms with Crippen LogP contribution in [0.15, 0.2) is 42.6 Å². The Labute approximate surface area is 118 Å². The van der Waals surface area contributed by atoms with Gasteiger partial charge in [-0.05, 0) is 23.8 Å². The lowest BCUT2D eigenvalue weighted by atomic mass is 9.95. The van der Waals surface area contributed by atoms with Crippen LogP contribution in [0.5, 0.6) is 0 Å². The average molecular weight is 297 g/mol. The molecule has 6 heteroatoms. The van der Waals surface area contributed by atoms with Crippen molar-refractivity contribution in [3.05, 3.63) is 64.4 Å². The van der Waals surface area contributed by atoms with Crippen LogP contribution in [0.4, 0.5) is 13.2 Å². The summed E-state index contributed by atoms with van der Waals surface area (Å²) in [7, 11) is 0. The van der Waals surface area contributed by atoms with Gasteiger partial charge < -0.3 is 0 Å². The van der Waals surface area contributed by atoms with E-state index in [2.05, 4.69) is 4.98 Å². The van der Waals surface area contributed by atoms with Crippen molar-refractivity contribution in [2.75, 3.05) is 0 Å². The second kappa shape index (κ2) is 5.51. The Morgan fingerprint density at radius 1 is 1.20 bits per heavy atom. The summed E-state index contributed by atoms with van der Waals surface area (Å²) in [4.78, 5) is 3.86. The van der Waals surface area contributed by atoms with Crippen LogP contribution < -0.4 is 0 Å².